The number of likely N-dealkylation sites (tertiary alicyclic amines) is 1. The Bertz CT molecular complexity index is 2440. The fourth-order valence-corrected chi connectivity index (χ4v) is 15.0. The molecule has 9 rings (SSSR count). The molecule has 1 atom stereocenters. The van der Waals surface area contributed by atoms with Gasteiger partial charge in [0, 0.05) is 37.6 Å². The molecule has 1 radical (unpaired) electrons. The summed E-state index contributed by atoms with van der Waals surface area (Å²) in [5.41, 5.74) is -0.201. The van der Waals surface area contributed by atoms with Crippen molar-refractivity contribution in [3.05, 3.63) is 243 Å². The summed E-state index contributed by atoms with van der Waals surface area (Å²) < 4.78 is 59.2. The fraction of sp³-hybridized carbons (Fsp3) is 0.155. The van der Waals surface area contributed by atoms with E-state index in [1.807, 2.05) is 20.8 Å². The van der Waals surface area contributed by atoms with Crippen LogP contribution in [0.5, 0.6) is 0 Å². The number of rotatable bonds is 10. The van der Waals surface area contributed by atoms with Crippen LogP contribution in [0, 0.1) is 0 Å². The smallest absolute Gasteiger partial charge is 0 e. The van der Waals surface area contributed by atoms with E-state index in [9.17, 15) is 30.0 Å². The molecule has 0 aromatic heterocycles. The van der Waals surface area contributed by atoms with E-state index in [0.29, 0.717) is 6.04 Å². The van der Waals surface area contributed by atoms with Crippen molar-refractivity contribution in [3.8, 4) is 0 Å². The van der Waals surface area contributed by atoms with Crippen molar-refractivity contribution in [2.24, 2.45) is 0 Å². The van der Waals surface area contributed by atoms with Gasteiger partial charge in [-0.3, -0.25) is 0 Å². The molecule has 14 heteroatoms. The van der Waals surface area contributed by atoms with E-state index in [1.165, 1.54) is 42.4 Å². The minimum atomic E-state index is -10.7. The van der Waals surface area contributed by atoms with Gasteiger partial charge in [-0.15, -0.1) is 0 Å². The van der Waals surface area contributed by atoms with E-state index in [4.69, 9.17) is 0 Å². The van der Waals surface area contributed by atoms with Crippen LogP contribution < -0.4 is 47.8 Å². The Hall–Kier alpha value is -5.05. The summed E-state index contributed by atoms with van der Waals surface area (Å²) in [6.45, 7) is 6.98. The van der Waals surface area contributed by atoms with Crippen LogP contribution in [0.4, 0.5) is 30.0 Å². The van der Waals surface area contributed by atoms with Crippen molar-refractivity contribution in [3.63, 3.8) is 0 Å². The number of carbonyl (C=O) groups is 1. The summed E-state index contributed by atoms with van der Waals surface area (Å²) in [6, 6.07) is 86.6. The maximum atomic E-state index is 12.7. The van der Waals surface area contributed by atoms with Crippen molar-refractivity contribution in [1.29, 1.82) is 0 Å². The summed E-state index contributed by atoms with van der Waals surface area (Å²) in [6.07, 6.45) is 3.21. The van der Waals surface area contributed by atoms with Crippen LogP contribution >= 0.6 is 31.6 Å². The molecule has 1 fully saturated rings. The molecule has 0 aliphatic carbocycles. The standard InChI is InChI=1S/C22H29N2OP.2C18H15P.F6P.Rh/c1-22(2,3)23-21(25)24-16-10-11-18(24)17-26(19-12-6-4-7-13-19)20-14-8-5-9-15-20;2*1-4-10-16(11-5-1)19(17-12-6-2-7-13-17)18-14-8-3-9-15-18;1-7(2,3,4,5)6;/h4-9,12-15,18H,10-11,16-17H2,1-3H3,(H,23,25);2*1-15H;;/q;;;-1;/t18-;;;;/m0..../s1. The molecular formula is C58H59F6N2OP4Rh-. The second kappa shape index (κ2) is 26.3. The van der Waals surface area contributed by atoms with Gasteiger partial charge in [0.25, 0.3) is 0 Å². The number of amides is 2. The molecule has 8 aromatic rings. The zero-order chi connectivity index (χ0) is 50.8. The van der Waals surface area contributed by atoms with Gasteiger partial charge in [0.15, 0.2) is 0 Å². The molecule has 1 aliphatic rings. The number of carbonyl (C=O) groups excluding carboxylic acids is 1. The first kappa shape index (κ1) is 57.8. The summed E-state index contributed by atoms with van der Waals surface area (Å²) >= 11 is 0. The zero-order valence-electron chi connectivity index (χ0n) is 40.2. The minimum absolute atomic E-state index is 0. The number of hydrogen-bond acceptors (Lipinski definition) is 1. The topological polar surface area (TPSA) is 32.3 Å². The van der Waals surface area contributed by atoms with Crippen molar-refractivity contribution in [2.45, 2.75) is 45.2 Å². The maximum absolute atomic E-state index is 12.7. The Balaban J connectivity index is 0.000000189. The van der Waals surface area contributed by atoms with Crippen LogP contribution in [0.15, 0.2) is 243 Å². The van der Waals surface area contributed by atoms with Crippen LogP contribution in [-0.4, -0.2) is 35.2 Å². The first-order chi connectivity index (χ1) is 33.8. The van der Waals surface area contributed by atoms with Gasteiger partial charge in [0.2, 0.25) is 0 Å². The van der Waals surface area contributed by atoms with E-state index in [-0.39, 0.29) is 31.0 Å². The predicted molar refractivity (Wildman–Crippen MR) is 296 cm³/mol. The molecule has 1 heterocycles. The molecule has 2 amide bonds. The Morgan fingerprint density at radius 3 is 0.903 bits per heavy atom. The van der Waals surface area contributed by atoms with Gasteiger partial charge in [-0.25, -0.2) is 4.79 Å². The van der Waals surface area contributed by atoms with E-state index in [0.717, 1.165) is 25.5 Å². The van der Waals surface area contributed by atoms with Crippen LogP contribution in [0.1, 0.15) is 33.6 Å². The van der Waals surface area contributed by atoms with Crippen LogP contribution in [0.2, 0.25) is 0 Å². The van der Waals surface area contributed by atoms with E-state index in [1.54, 1.807) is 0 Å². The number of nitrogens with zero attached hydrogens (tertiary/aromatic N) is 1. The molecule has 8 aromatic carbocycles. The predicted octanol–water partition coefficient (Wildman–Crippen LogP) is 14.4. The van der Waals surface area contributed by atoms with Crippen molar-refractivity contribution in [1.82, 2.24) is 10.2 Å². The number of hydrogen-bond donors (Lipinski definition) is 1. The van der Waals surface area contributed by atoms with Crippen molar-refractivity contribution in [2.75, 3.05) is 12.7 Å². The SMILES string of the molecule is CC(C)(C)NC(=O)N1CCC[C@H]1CP(c1ccccc1)c1ccccc1.F[P-](F)(F)(F)(F)F.[Rh].c1ccc(P(c2ccccc2)c2ccccc2)cc1.c1ccc(P(c2ccccc2)c2ccccc2)cc1. The average molecular weight is 1140 g/mol. The number of nitrogens with one attached hydrogen (secondary N) is 1. The van der Waals surface area contributed by atoms with Crippen LogP contribution in [-0.2, 0) is 19.5 Å². The van der Waals surface area contributed by atoms with Gasteiger partial charge in [-0.05, 0) is 106 Å². The summed E-state index contributed by atoms with van der Waals surface area (Å²) in [5.74, 6) is 0. The Morgan fingerprint density at radius 1 is 0.458 bits per heavy atom. The Labute approximate surface area is 437 Å². The van der Waals surface area contributed by atoms with Gasteiger partial charge in [0.1, 0.15) is 0 Å². The molecule has 0 unspecified atom stereocenters. The molecule has 0 saturated carbocycles. The quantitative estimate of drug-likeness (QED) is 0.0826. The third-order valence-electron chi connectivity index (χ3n) is 10.7. The molecule has 1 saturated heterocycles. The molecule has 1 aliphatic heterocycles. The van der Waals surface area contributed by atoms with E-state index in [2.05, 4.69) is 253 Å². The number of halogens is 6. The Morgan fingerprint density at radius 2 is 0.681 bits per heavy atom. The molecule has 0 spiro atoms. The van der Waals surface area contributed by atoms with Crippen molar-refractivity contribution >= 4 is 80.0 Å². The fourth-order valence-electron chi connectivity index (χ4n) is 7.83. The number of urea groups is 1. The summed E-state index contributed by atoms with van der Waals surface area (Å²) in [4.78, 5) is 14.8. The monoisotopic (exact) mass is 1140 g/mol. The first-order valence-electron chi connectivity index (χ1n) is 23.2. The second-order valence-corrected chi connectivity index (χ2v) is 26.2. The first-order valence-corrected chi connectivity index (χ1v) is 29.5. The molecule has 72 heavy (non-hydrogen) atoms. The van der Waals surface area contributed by atoms with E-state index >= 15 is 0 Å². The van der Waals surface area contributed by atoms with Gasteiger partial charge in [0.05, 0.1) is 0 Å². The molecule has 0 bridgehead atoms. The third kappa shape index (κ3) is 20.5. The number of benzene rings is 8. The van der Waals surface area contributed by atoms with Crippen molar-refractivity contribution < 1.29 is 49.5 Å². The third-order valence-corrected chi connectivity index (χ3v) is 18.3. The van der Waals surface area contributed by atoms with Gasteiger partial charge < -0.3 is 10.2 Å². The second-order valence-electron chi connectivity index (χ2n) is 17.6. The zero-order valence-corrected chi connectivity index (χ0v) is 45.5. The van der Waals surface area contributed by atoms with E-state index < -0.39 is 31.6 Å². The Kier molecular flexibility index (Phi) is 21.1. The molecular weight excluding hydrogens is 1080 g/mol. The minimum Gasteiger partial charge on any atom is -0.0622 e. The molecule has 379 valence electrons. The van der Waals surface area contributed by atoms with Gasteiger partial charge >= 0.3 is 39.0 Å². The largest absolute Gasteiger partial charge is 0.0622 e. The average Bonchev–Trinajstić information content (AvgIpc) is 3.84. The summed E-state index contributed by atoms with van der Waals surface area (Å²) in [7, 11) is -12.0. The van der Waals surface area contributed by atoms with Crippen LogP contribution in [0.25, 0.3) is 0 Å². The van der Waals surface area contributed by atoms with Gasteiger partial charge in [-0.2, -0.15) is 0 Å². The van der Waals surface area contributed by atoms with Crippen LogP contribution in [0.3, 0.4) is 0 Å². The normalized spacial score (nSPS) is 14.2. The maximum Gasteiger partial charge on any atom is 0 e. The molecule has 1 N–H and O–H groups in total. The molecule has 3 nitrogen and oxygen atoms in total. The van der Waals surface area contributed by atoms with Gasteiger partial charge in [-0.1, -0.05) is 243 Å². The summed E-state index contributed by atoms with van der Waals surface area (Å²) in [5, 5.41) is 14.3.